The second kappa shape index (κ2) is 45.0. The predicted octanol–water partition coefficient (Wildman–Crippen LogP) is 17.6. The molecular formula is C87H111F3I6N2O16S2. The zero-order valence-electron chi connectivity index (χ0n) is 68.8. The maximum absolute atomic E-state index is 13.3. The van der Waals surface area contributed by atoms with Gasteiger partial charge in [0.15, 0.2) is 20.4 Å². The lowest BCUT2D eigenvalue weighted by atomic mass is 9.48. The average molecular weight is 2320 g/mol. The molecule has 0 spiro atoms. The lowest BCUT2D eigenvalue weighted by molar-refractivity contribution is -0.885. The number of likely N-dealkylation sites (N-methyl/N-ethyl adjacent to an activating group) is 2. The molecule has 0 radical (unpaired) electrons. The highest BCUT2D eigenvalue weighted by Gasteiger charge is 2.64. The van der Waals surface area contributed by atoms with Crippen LogP contribution in [0.15, 0.2) is 127 Å². The fourth-order valence-electron chi connectivity index (χ4n) is 14.1. The molecule has 12 rings (SSSR count). The summed E-state index contributed by atoms with van der Waals surface area (Å²) >= 11 is 12.2. The van der Waals surface area contributed by atoms with Crippen LogP contribution in [0.3, 0.4) is 0 Å². The van der Waals surface area contributed by atoms with Gasteiger partial charge in [-0.2, -0.15) is 13.2 Å². The zero-order chi connectivity index (χ0) is 87.4. The second-order valence-corrected chi connectivity index (χ2v) is 43.3. The summed E-state index contributed by atoms with van der Waals surface area (Å²) in [6, 6.07) is 43.2. The van der Waals surface area contributed by atoms with Gasteiger partial charge in [-0.25, -0.2) is 8.42 Å². The van der Waals surface area contributed by atoms with Crippen LogP contribution in [0, 0.1) is 54.9 Å². The summed E-state index contributed by atoms with van der Waals surface area (Å²) in [6.07, 6.45) is 2.05. The Hall–Kier alpha value is -3.84. The van der Waals surface area contributed by atoms with Gasteiger partial charge in [-0.3, -0.25) is 19.2 Å². The molecule has 7 aromatic rings. The van der Waals surface area contributed by atoms with Gasteiger partial charge < -0.3 is 58.2 Å². The zero-order valence-corrected chi connectivity index (χ0v) is 83.4. The number of carboxylic acids is 2. The van der Waals surface area contributed by atoms with Crippen molar-refractivity contribution in [3.05, 3.63) is 166 Å². The highest BCUT2D eigenvalue weighted by molar-refractivity contribution is 14.1. The van der Waals surface area contributed by atoms with Crippen LogP contribution in [0.4, 0.5) is 13.2 Å². The van der Waals surface area contributed by atoms with E-state index in [-0.39, 0.29) is 63.2 Å². The summed E-state index contributed by atoms with van der Waals surface area (Å²) in [6.45, 7) is 25.3. The normalized spacial score (nSPS) is 18.5. The lowest BCUT2D eigenvalue weighted by Gasteiger charge is -2.60. The Bertz CT molecular complexity index is 4470. The van der Waals surface area contributed by atoms with E-state index in [1.165, 1.54) is 53.3 Å². The average Bonchev–Trinajstić information content (AvgIpc) is 0.931. The summed E-state index contributed by atoms with van der Waals surface area (Å²) in [5, 5.41) is 33.3. The molecular weight excluding hydrogens is 2210 g/mol. The Labute approximate surface area is 767 Å². The highest BCUT2D eigenvalue weighted by Crippen LogP contribution is 2.64. The van der Waals surface area contributed by atoms with Crippen LogP contribution >= 0.6 is 146 Å². The Morgan fingerprint density at radius 3 is 1.41 bits per heavy atom. The minimum absolute atomic E-state index is 0.00100. The number of alkyl halides is 3. The SMILES string of the molecule is CCC(C)(C)C(=O)OC(C[NH+](C)C)C[NH+](C)C.CCC(C)(C)C(=O)OC1(C)CCCC1.CCC(C)(C)C(=O)OC12CC3CC(C1)CC(C(=O)OC(CS(=O)(=O)[O-])C(F)(F)F)(C3)C2.CCC(C)c1cccc(O)c1.O=C([O-])c1c(I)ccc(I)c1I.O=C([O-])c1c(I)ccc(I)c1I.c1ccc(-[s+]2c3ccccc3c3ccccc32)cc1. The second-order valence-electron chi connectivity index (χ2n) is 33.1. The molecule has 0 aliphatic heterocycles. The molecule has 5 saturated carbocycles. The van der Waals surface area contributed by atoms with Crippen LogP contribution < -0.4 is 20.0 Å². The quantitative estimate of drug-likeness (QED) is 0.0142. The van der Waals surface area contributed by atoms with Gasteiger partial charge in [0.1, 0.15) is 30.0 Å². The minimum atomic E-state index is -5.27. The number of esters is 4. The summed E-state index contributed by atoms with van der Waals surface area (Å²) in [4.78, 5) is 74.9. The van der Waals surface area contributed by atoms with E-state index >= 15 is 0 Å². The smallest absolute Gasteiger partial charge is 0.426 e. The number of aromatic carboxylic acids is 2. The third-order valence-electron chi connectivity index (χ3n) is 21.6. The van der Waals surface area contributed by atoms with Gasteiger partial charge in [0.05, 0.1) is 77.7 Å². The molecule has 640 valence electrons. The number of carbonyl (C=O) groups excluding carboxylic acids is 6. The van der Waals surface area contributed by atoms with E-state index in [9.17, 15) is 65.1 Å². The van der Waals surface area contributed by atoms with Crippen LogP contribution in [-0.2, 0) is 48.2 Å². The van der Waals surface area contributed by atoms with Gasteiger partial charge in [-0.1, -0.05) is 89.2 Å². The van der Waals surface area contributed by atoms with Crippen LogP contribution in [0.25, 0.3) is 25.1 Å². The van der Waals surface area contributed by atoms with Crippen LogP contribution in [0.5, 0.6) is 5.75 Å². The minimum Gasteiger partial charge on any atom is -0.748 e. The van der Waals surface area contributed by atoms with E-state index in [4.69, 9.17) is 19.3 Å². The topological polar surface area (TPSA) is 272 Å². The van der Waals surface area contributed by atoms with E-state index < -0.39 is 68.5 Å². The largest absolute Gasteiger partial charge is 0.748 e. The van der Waals surface area contributed by atoms with Crippen molar-refractivity contribution in [3.8, 4) is 10.6 Å². The van der Waals surface area contributed by atoms with Crippen molar-refractivity contribution in [2.45, 2.75) is 208 Å². The van der Waals surface area contributed by atoms with Crippen molar-refractivity contribution in [2.75, 3.05) is 47.0 Å². The molecule has 5 fully saturated rings. The number of fused-ring (bicyclic) bond motifs is 3. The number of carboxylic acid groups (broad SMARTS) is 2. The van der Waals surface area contributed by atoms with Gasteiger partial charge in [0, 0.05) is 60.2 Å². The molecule has 0 amide bonds. The Kier molecular flexibility index (Phi) is 39.8. The van der Waals surface area contributed by atoms with Crippen molar-refractivity contribution in [2.24, 2.45) is 33.5 Å². The summed E-state index contributed by atoms with van der Waals surface area (Å²) in [7, 11) is 3.11. The maximum atomic E-state index is 13.3. The van der Waals surface area contributed by atoms with Crippen molar-refractivity contribution < 1.29 is 99.0 Å². The number of rotatable bonds is 22. The van der Waals surface area contributed by atoms with Gasteiger partial charge in [-0.15, -0.1) is 0 Å². The monoisotopic (exact) mass is 2320 g/mol. The summed E-state index contributed by atoms with van der Waals surface area (Å²) in [5.41, 5.74) is -2.03. The molecule has 6 aromatic carbocycles. The number of carbonyl (C=O) groups is 6. The number of phenols is 1. The molecule has 4 unspecified atom stereocenters. The number of nitrogens with one attached hydrogen (secondary N) is 2. The van der Waals surface area contributed by atoms with Gasteiger partial charge >= 0.3 is 30.1 Å². The third kappa shape index (κ3) is 30.0. The fourth-order valence-corrected chi connectivity index (χ4v) is 21.7. The molecule has 5 aliphatic carbocycles. The van der Waals surface area contributed by atoms with Gasteiger partial charge in [-0.05, 0) is 364 Å². The lowest BCUT2D eigenvalue weighted by Crippen LogP contribution is -3.11. The molecule has 4 atom stereocenters. The van der Waals surface area contributed by atoms with E-state index in [1.807, 2.05) is 169 Å². The fraction of sp³-hybridized carbons (Fsp3) is 0.517. The Morgan fingerprint density at radius 2 is 1.01 bits per heavy atom. The number of thiophene rings is 1. The number of phenolic OH excluding ortho intramolecular Hbond substituents is 1. The molecule has 18 nitrogen and oxygen atoms in total. The first kappa shape index (κ1) is 103. The number of aromatic hydroxyl groups is 1. The number of quaternary nitrogens is 2. The van der Waals surface area contributed by atoms with E-state index in [1.54, 1.807) is 32.0 Å². The summed E-state index contributed by atoms with van der Waals surface area (Å²) in [5.74, 6) is -4.87. The molecule has 1 aromatic heterocycles. The number of benzene rings is 6. The first-order valence-corrected chi connectivity index (χ1v) is 48.0. The predicted molar refractivity (Wildman–Crippen MR) is 497 cm³/mol. The Balaban J connectivity index is 0.000000250. The maximum Gasteiger partial charge on any atom is 0.426 e. The van der Waals surface area contributed by atoms with Crippen molar-refractivity contribution in [1.29, 1.82) is 0 Å². The third-order valence-corrected chi connectivity index (χ3v) is 32.6. The summed E-state index contributed by atoms with van der Waals surface area (Å²) < 4.78 is 102. The Morgan fingerprint density at radius 1 is 0.586 bits per heavy atom. The number of ether oxygens (including phenoxy) is 4. The molecule has 116 heavy (non-hydrogen) atoms. The standard InChI is InChI=1S/C20H29F3O7S.C18H13S.C13H28N2O2.C12H22O2.C10H14O.2C7H3I3O2/c1-4-17(2,3)15(24)30-19-8-12-5-13(9-19)7-18(6-12,11-19)16(25)29-14(20(21,22)23)10-31(26,27)28;1-2-8-14(9-3-1)19-17-12-6-4-10-15(17)16-11-5-7-13-18(16)19;1-8-13(2,3)12(16)17-11(9-14(4)5)10-15(6)7;1-5-11(2,3)10(13)14-12(4)8-6-7-9-12;1-3-8(2)9-5-4-6-10(11)7-9;2*8-3-1-2-4(9)6(10)5(3)7(11)12/h12-14H,4-11H2,1-3H3,(H,26,27,28);1-13H;11H,8-10H2,1-7H3;5-9H2,1-4H3;4-8,11H,3H2,1-2H3;2*1-2H,(H,11,12)/q;+1;;;;;/p-1. The molecule has 4 bridgehead atoms. The molecule has 3 N–H and O–H groups in total. The van der Waals surface area contributed by atoms with E-state index in [0.717, 1.165) is 73.0 Å². The van der Waals surface area contributed by atoms with Gasteiger partial charge in [0.25, 0.3) is 0 Å². The number of halogens is 9. The molecule has 5 aliphatic rings. The first-order valence-electron chi connectivity index (χ1n) is 38.8. The molecule has 0 saturated heterocycles. The first-order chi connectivity index (χ1) is 53.8. The van der Waals surface area contributed by atoms with E-state index in [0.29, 0.717) is 54.9 Å². The number of hydrogen-bond acceptors (Lipinski definition) is 16. The van der Waals surface area contributed by atoms with Crippen molar-refractivity contribution in [1.82, 2.24) is 0 Å². The number of hydrogen-bond donors (Lipinski definition) is 3. The van der Waals surface area contributed by atoms with Gasteiger partial charge in [0.2, 0.25) is 6.10 Å². The molecule has 29 heteroatoms. The van der Waals surface area contributed by atoms with E-state index in [2.05, 4.69) is 178 Å². The van der Waals surface area contributed by atoms with Crippen LogP contribution in [0.1, 0.15) is 205 Å². The molecule has 1 heterocycles. The van der Waals surface area contributed by atoms with Crippen molar-refractivity contribution in [3.63, 3.8) is 0 Å². The van der Waals surface area contributed by atoms with Crippen molar-refractivity contribution >= 4 is 212 Å². The van der Waals surface area contributed by atoms with Crippen LogP contribution in [0.2, 0.25) is 0 Å². The van der Waals surface area contributed by atoms with Crippen LogP contribution in [-0.4, -0.2) is 131 Å². The highest BCUT2D eigenvalue weighted by atomic mass is 127.